The van der Waals surface area contributed by atoms with Gasteiger partial charge in [-0.25, -0.2) is 0 Å². The van der Waals surface area contributed by atoms with E-state index in [0.29, 0.717) is 6.04 Å². The molecule has 1 fully saturated rings. The molecule has 1 saturated carbocycles. The number of rotatable bonds is 6. The molecule has 1 aliphatic rings. The van der Waals surface area contributed by atoms with Crippen molar-refractivity contribution < 1.29 is 0 Å². The lowest BCUT2D eigenvalue weighted by Crippen LogP contribution is -2.37. The zero-order valence-corrected chi connectivity index (χ0v) is 7.47. The van der Waals surface area contributed by atoms with E-state index in [2.05, 4.69) is 12.2 Å². The summed E-state index contributed by atoms with van der Waals surface area (Å²) in [6.07, 6.45) is 6.57. The number of nitrogens with two attached hydrogens (primary N) is 1. The molecule has 11 heavy (non-hydrogen) atoms. The van der Waals surface area contributed by atoms with Crippen LogP contribution < -0.4 is 11.1 Å². The maximum Gasteiger partial charge on any atom is 0.0192 e. The van der Waals surface area contributed by atoms with Gasteiger partial charge in [-0.05, 0) is 19.3 Å². The molecule has 2 heteroatoms. The van der Waals surface area contributed by atoms with Crippen molar-refractivity contribution in [2.24, 2.45) is 5.73 Å². The lowest BCUT2D eigenvalue weighted by Gasteiger charge is -2.15. The summed E-state index contributed by atoms with van der Waals surface area (Å²) in [4.78, 5) is 0. The summed E-state index contributed by atoms with van der Waals surface area (Å²) < 4.78 is 0. The Kier molecular flexibility index (Phi) is 3.87. The third-order valence-corrected chi connectivity index (χ3v) is 2.24. The molecule has 1 atom stereocenters. The summed E-state index contributed by atoms with van der Waals surface area (Å²) in [6, 6.07) is 1.39. The largest absolute Gasteiger partial charge is 0.329 e. The topological polar surface area (TPSA) is 38.0 Å². The first-order valence-corrected chi connectivity index (χ1v) is 4.83. The summed E-state index contributed by atoms with van der Waals surface area (Å²) in [5, 5.41) is 3.55. The first-order chi connectivity index (χ1) is 5.36. The van der Waals surface area contributed by atoms with Crippen molar-refractivity contribution in [3.05, 3.63) is 0 Å². The predicted octanol–water partition coefficient (Wildman–Crippen LogP) is 1.26. The maximum atomic E-state index is 5.63. The van der Waals surface area contributed by atoms with Crippen LogP contribution in [0.25, 0.3) is 0 Å². The minimum atomic E-state index is 0.586. The summed E-state index contributed by atoms with van der Waals surface area (Å²) in [7, 11) is 0. The Morgan fingerprint density at radius 1 is 1.55 bits per heavy atom. The van der Waals surface area contributed by atoms with Gasteiger partial charge in [-0.1, -0.05) is 19.8 Å². The molecule has 0 aliphatic heterocycles. The van der Waals surface area contributed by atoms with Crippen molar-refractivity contribution in [3.8, 4) is 0 Å². The van der Waals surface area contributed by atoms with Crippen LogP contribution in [0.5, 0.6) is 0 Å². The van der Waals surface area contributed by atoms with Gasteiger partial charge >= 0.3 is 0 Å². The molecular weight excluding hydrogens is 136 g/mol. The van der Waals surface area contributed by atoms with Gasteiger partial charge in [0, 0.05) is 18.6 Å². The first kappa shape index (κ1) is 9.01. The number of nitrogens with one attached hydrogen (secondary N) is 1. The second-order valence-electron chi connectivity index (χ2n) is 3.52. The molecule has 3 N–H and O–H groups in total. The first-order valence-electron chi connectivity index (χ1n) is 4.83. The van der Waals surface area contributed by atoms with Gasteiger partial charge in [0.05, 0.1) is 0 Å². The van der Waals surface area contributed by atoms with E-state index in [0.717, 1.165) is 12.6 Å². The van der Waals surface area contributed by atoms with E-state index >= 15 is 0 Å². The summed E-state index contributed by atoms with van der Waals surface area (Å²) >= 11 is 0. The van der Waals surface area contributed by atoms with Gasteiger partial charge in [-0.15, -0.1) is 0 Å². The van der Waals surface area contributed by atoms with Gasteiger partial charge in [0.1, 0.15) is 0 Å². The molecule has 0 aromatic rings. The van der Waals surface area contributed by atoms with Crippen LogP contribution in [0.3, 0.4) is 0 Å². The Bertz CT molecular complexity index is 99.7. The van der Waals surface area contributed by atoms with Crippen molar-refractivity contribution >= 4 is 0 Å². The molecule has 1 unspecified atom stereocenters. The summed E-state index contributed by atoms with van der Waals surface area (Å²) in [6.45, 7) is 3.03. The van der Waals surface area contributed by atoms with Gasteiger partial charge in [0.2, 0.25) is 0 Å². The molecule has 1 aliphatic carbocycles. The fourth-order valence-corrected chi connectivity index (χ4v) is 1.30. The highest BCUT2D eigenvalue weighted by molar-refractivity contribution is 4.85. The Labute approximate surface area is 69.5 Å². The van der Waals surface area contributed by atoms with Crippen LogP contribution >= 0.6 is 0 Å². The zero-order chi connectivity index (χ0) is 8.10. The molecule has 0 bridgehead atoms. The fourth-order valence-electron chi connectivity index (χ4n) is 1.30. The van der Waals surface area contributed by atoms with Crippen LogP contribution in [0, 0.1) is 0 Å². The normalized spacial score (nSPS) is 20.2. The predicted molar refractivity (Wildman–Crippen MR) is 48.5 cm³/mol. The molecule has 0 spiro atoms. The average molecular weight is 156 g/mol. The standard InChI is InChI=1S/C9H20N2/c1-2-3-4-9(7-10)11-8-5-6-8/h8-9,11H,2-7,10H2,1H3. The van der Waals surface area contributed by atoms with Gasteiger partial charge < -0.3 is 11.1 Å². The molecule has 1 rings (SSSR count). The number of unbranched alkanes of at least 4 members (excludes halogenated alkanes) is 1. The molecule has 0 amide bonds. The molecule has 0 aromatic heterocycles. The number of hydrogen-bond acceptors (Lipinski definition) is 2. The lowest BCUT2D eigenvalue weighted by atomic mass is 10.1. The number of hydrogen-bond donors (Lipinski definition) is 2. The van der Waals surface area contributed by atoms with E-state index in [-0.39, 0.29) is 0 Å². The Balaban J connectivity index is 2.02. The van der Waals surface area contributed by atoms with Crippen molar-refractivity contribution in [2.75, 3.05) is 6.54 Å². The van der Waals surface area contributed by atoms with Crippen molar-refractivity contribution in [3.63, 3.8) is 0 Å². The van der Waals surface area contributed by atoms with E-state index in [4.69, 9.17) is 5.73 Å². The van der Waals surface area contributed by atoms with Gasteiger partial charge in [0.25, 0.3) is 0 Å². The summed E-state index contributed by atoms with van der Waals surface area (Å²) in [5.41, 5.74) is 5.63. The van der Waals surface area contributed by atoms with Gasteiger partial charge in [0.15, 0.2) is 0 Å². The smallest absolute Gasteiger partial charge is 0.0192 e. The Hall–Kier alpha value is -0.0800. The SMILES string of the molecule is CCCCC(CN)NC1CC1. The van der Waals surface area contributed by atoms with Crippen LogP contribution in [0.2, 0.25) is 0 Å². The zero-order valence-electron chi connectivity index (χ0n) is 7.47. The minimum Gasteiger partial charge on any atom is -0.329 e. The van der Waals surface area contributed by atoms with Crippen LogP contribution in [0.4, 0.5) is 0 Å². The van der Waals surface area contributed by atoms with Crippen molar-refractivity contribution in [2.45, 2.75) is 51.1 Å². The van der Waals surface area contributed by atoms with Crippen LogP contribution in [0.1, 0.15) is 39.0 Å². The third kappa shape index (κ3) is 3.73. The van der Waals surface area contributed by atoms with E-state index in [1.54, 1.807) is 0 Å². The quantitative estimate of drug-likeness (QED) is 0.607. The fraction of sp³-hybridized carbons (Fsp3) is 1.00. The highest BCUT2D eigenvalue weighted by atomic mass is 15.0. The van der Waals surface area contributed by atoms with E-state index in [9.17, 15) is 0 Å². The van der Waals surface area contributed by atoms with E-state index in [1.807, 2.05) is 0 Å². The van der Waals surface area contributed by atoms with Gasteiger partial charge in [-0.3, -0.25) is 0 Å². The second-order valence-corrected chi connectivity index (χ2v) is 3.52. The summed E-state index contributed by atoms with van der Waals surface area (Å²) in [5.74, 6) is 0. The van der Waals surface area contributed by atoms with Crippen LogP contribution in [0.15, 0.2) is 0 Å². The Morgan fingerprint density at radius 2 is 2.27 bits per heavy atom. The Morgan fingerprint density at radius 3 is 2.73 bits per heavy atom. The van der Waals surface area contributed by atoms with E-state index < -0.39 is 0 Å². The van der Waals surface area contributed by atoms with Crippen molar-refractivity contribution in [1.82, 2.24) is 5.32 Å². The van der Waals surface area contributed by atoms with Crippen molar-refractivity contribution in [1.29, 1.82) is 0 Å². The lowest BCUT2D eigenvalue weighted by molar-refractivity contribution is 0.469. The second kappa shape index (κ2) is 4.73. The van der Waals surface area contributed by atoms with E-state index in [1.165, 1.54) is 32.1 Å². The minimum absolute atomic E-state index is 0.586. The van der Waals surface area contributed by atoms with Crippen LogP contribution in [-0.2, 0) is 0 Å². The van der Waals surface area contributed by atoms with Gasteiger partial charge in [-0.2, -0.15) is 0 Å². The highest BCUT2D eigenvalue weighted by Crippen LogP contribution is 2.20. The molecule has 0 heterocycles. The monoisotopic (exact) mass is 156 g/mol. The molecule has 0 saturated heterocycles. The molecule has 66 valence electrons. The molecular formula is C9H20N2. The molecule has 0 aromatic carbocycles. The van der Waals surface area contributed by atoms with Crippen LogP contribution in [-0.4, -0.2) is 18.6 Å². The maximum absolute atomic E-state index is 5.63. The molecule has 2 nitrogen and oxygen atoms in total. The third-order valence-electron chi connectivity index (χ3n) is 2.24. The average Bonchev–Trinajstić information content (AvgIpc) is 2.81. The molecule has 0 radical (unpaired) electrons. The highest BCUT2D eigenvalue weighted by Gasteiger charge is 2.23.